The zero-order chi connectivity index (χ0) is 0. The fraction of sp³-hybridized carbons (Fsp3) is 0. The van der Waals surface area contributed by atoms with E-state index in [9.17, 15) is 0 Å². The molecule has 0 aliphatic rings. The van der Waals surface area contributed by atoms with E-state index < -0.39 is 0 Å². The molecule has 0 bridgehead atoms. The summed E-state index contributed by atoms with van der Waals surface area (Å²) in [4.78, 5) is 0. The van der Waals surface area contributed by atoms with E-state index in [0.717, 1.165) is 0 Å². The van der Waals surface area contributed by atoms with E-state index >= 15 is 0 Å². The molecule has 0 aromatic heterocycles. The first-order valence-corrected chi connectivity index (χ1v) is 0. The number of hydrogen-bond acceptors (Lipinski definition) is 4. The van der Waals surface area contributed by atoms with Crippen molar-refractivity contribution in [3.63, 3.8) is 0 Å². The van der Waals surface area contributed by atoms with Crippen molar-refractivity contribution < 1.29 is 88.0 Å². The van der Waals surface area contributed by atoms with Crippen LogP contribution in [0.5, 0.6) is 0 Å². The summed E-state index contributed by atoms with van der Waals surface area (Å²) in [6.07, 6.45) is 0. The Morgan fingerprint density at radius 3 is 0.571 bits per heavy atom. The van der Waals surface area contributed by atoms with E-state index in [2.05, 4.69) is 0 Å². The van der Waals surface area contributed by atoms with E-state index in [4.69, 9.17) is 0 Å². The number of rotatable bonds is 0. The monoisotopic (exact) mass is 293 g/mol. The predicted octanol–water partition coefficient (Wildman–Crippen LogP) is -0.715. The molecule has 0 heterocycles. The maximum atomic E-state index is 0. The van der Waals surface area contributed by atoms with Gasteiger partial charge in [0.1, 0.15) is 0 Å². The van der Waals surface area contributed by atoms with E-state index in [0.29, 0.717) is 0 Å². The van der Waals surface area contributed by atoms with Crippen LogP contribution in [0.3, 0.4) is 0 Å². The first-order valence-electron chi connectivity index (χ1n) is 0. The van der Waals surface area contributed by atoms with Crippen molar-refractivity contribution >= 4 is 0 Å². The molecule has 0 fully saturated rings. The Balaban J connectivity index is 0. The summed E-state index contributed by atoms with van der Waals surface area (Å²) in [5.41, 5.74) is 0. The molecule has 0 rings (SSSR count). The van der Waals surface area contributed by atoms with Crippen molar-refractivity contribution in [2.45, 2.75) is 0 Å². The third-order valence-corrected chi connectivity index (χ3v) is 0. The molecular formula is H4CdCuO4Ti. The molecule has 0 aromatic carbocycles. The van der Waals surface area contributed by atoms with E-state index in [1.807, 2.05) is 0 Å². The molecule has 45 valence electrons. The van der Waals surface area contributed by atoms with Crippen LogP contribution in [0.1, 0.15) is 0 Å². The Kier molecular flexibility index (Phi) is 2030. The molecule has 0 aromatic rings. The zero-order valence-electron chi connectivity index (χ0n) is 3.30. The minimum absolute atomic E-state index is 0. The molecule has 0 aliphatic heterocycles. The molecule has 0 saturated carbocycles. The van der Waals surface area contributed by atoms with Crippen LogP contribution in [0.2, 0.25) is 0 Å². The van der Waals surface area contributed by atoms with E-state index in [1.165, 1.54) is 0 Å². The van der Waals surface area contributed by atoms with Crippen LogP contribution in [0.15, 0.2) is 0 Å². The summed E-state index contributed by atoms with van der Waals surface area (Å²) < 4.78 is 0. The molecule has 0 amide bonds. The molecule has 0 aliphatic carbocycles. The van der Waals surface area contributed by atoms with Gasteiger partial charge in [-0.3, -0.25) is 0 Å². The standard InChI is InChI=1S/Cd.Cu.4H2O.Ti/h;;4*1H2;/q2*+2;;;;;/p-4. The molecule has 1 radical (unpaired) electrons. The summed E-state index contributed by atoms with van der Waals surface area (Å²) in [5, 5.41) is 0. The molecule has 7 heteroatoms. The minimum atomic E-state index is 0. The maximum absolute atomic E-state index is 0. The Morgan fingerprint density at radius 2 is 0.571 bits per heavy atom. The van der Waals surface area contributed by atoms with Crippen molar-refractivity contribution in [2.75, 3.05) is 0 Å². The van der Waals surface area contributed by atoms with Gasteiger partial charge in [0.25, 0.3) is 0 Å². The Labute approximate surface area is 87.2 Å². The van der Waals surface area contributed by atoms with Gasteiger partial charge in [-0.15, -0.1) is 0 Å². The Morgan fingerprint density at radius 1 is 0.571 bits per heavy atom. The fourth-order valence-electron chi connectivity index (χ4n) is 0. The SMILES string of the molecule is [Cd+2].[Cu+2].[OH-].[OH-].[OH-].[OH-].[Ti]. The van der Waals surface area contributed by atoms with Gasteiger partial charge in [-0.2, -0.15) is 0 Å². The fourth-order valence-corrected chi connectivity index (χ4v) is 0. The summed E-state index contributed by atoms with van der Waals surface area (Å²) in [5.74, 6) is 0. The number of hydrogen-bond donors (Lipinski definition) is 0. The first kappa shape index (κ1) is 144. The minimum Gasteiger partial charge on any atom is -0.870 e. The van der Waals surface area contributed by atoms with Crippen LogP contribution >= 0.6 is 0 Å². The van der Waals surface area contributed by atoms with Crippen molar-refractivity contribution in [1.82, 2.24) is 0 Å². The second kappa shape index (κ2) is 98.2. The summed E-state index contributed by atoms with van der Waals surface area (Å²) in [6.45, 7) is 0. The van der Waals surface area contributed by atoms with Gasteiger partial charge in [-0.05, 0) is 0 Å². The van der Waals surface area contributed by atoms with Crippen molar-refractivity contribution in [2.24, 2.45) is 0 Å². The van der Waals surface area contributed by atoms with Crippen LogP contribution in [0.25, 0.3) is 0 Å². The maximum Gasteiger partial charge on any atom is 2.00 e. The second-order valence-electron chi connectivity index (χ2n) is 0. The molecule has 0 saturated heterocycles. The quantitative estimate of drug-likeness (QED) is 0.547. The van der Waals surface area contributed by atoms with Gasteiger partial charge in [-0.25, -0.2) is 0 Å². The normalized spacial score (nSPS) is 0. The summed E-state index contributed by atoms with van der Waals surface area (Å²) in [6, 6.07) is 0. The predicted molar refractivity (Wildman–Crippen MR) is 7.74 cm³/mol. The smallest absolute Gasteiger partial charge is 0.870 e. The largest absolute Gasteiger partial charge is 2.00 e. The molecule has 7 heavy (non-hydrogen) atoms. The van der Waals surface area contributed by atoms with Gasteiger partial charge in [0.2, 0.25) is 0 Å². The molecule has 4 nitrogen and oxygen atoms in total. The van der Waals surface area contributed by atoms with Gasteiger partial charge in [0, 0.05) is 21.7 Å². The van der Waals surface area contributed by atoms with Crippen LogP contribution < -0.4 is 0 Å². The molecule has 0 spiro atoms. The topological polar surface area (TPSA) is 120 Å². The average Bonchev–Trinajstić information content (AvgIpc) is 0. The van der Waals surface area contributed by atoms with Crippen LogP contribution in [-0.2, 0) is 66.1 Å². The summed E-state index contributed by atoms with van der Waals surface area (Å²) in [7, 11) is 0. The molecule has 0 unspecified atom stereocenters. The van der Waals surface area contributed by atoms with Gasteiger partial charge in [0.05, 0.1) is 0 Å². The second-order valence-corrected chi connectivity index (χ2v) is 0. The van der Waals surface area contributed by atoms with E-state index in [1.54, 1.807) is 0 Å². The van der Waals surface area contributed by atoms with Gasteiger partial charge in [-0.1, -0.05) is 0 Å². The molecular weight excluding hydrogens is 288 g/mol. The third-order valence-electron chi connectivity index (χ3n) is 0. The molecule has 4 N–H and O–H groups in total. The zero-order valence-corrected chi connectivity index (χ0v) is 9.84. The Hall–Kier alpha value is 2.00. The van der Waals surface area contributed by atoms with Crippen LogP contribution in [-0.4, -0.2) is 21.9 Å². The van der Waals surface area contributed by atoms with Gasteiger partial charge in [0.15, 0.2) is 0 Å². The third kappa shape index (κ3) is 72.2. The van der Waals surface area contributed by atoms with Crippen LogP contribution in [0.4, 0.5) is 0 Å². The van der Waals surface area contributed by atoms with Crippen molar-refractivity contribution in [3.05, 3.63) is 0 Å². The Bertz CT molecular complexity index is 11.7. The first-order chi connectivity index (χ1) is 0. The van der Waals surface area contributed by atoms with Gasteiger partial charge < -0.3 is 21.9 Å². The van der Waals surface area contributed by atoms with Crippen molar-refractivity contribution in [3.8, 4) is 0 Å². The summed E-state index contributed by atoms with van der Waals surface area (Å²) >= 11 is 0. The van der Waals surface area contributed by atoms with Gasteiger partial charge >= 0.3 is 44.4 Å². The average molecular weight is 292 g/mol. The van der Waals surface area contributed by atoms with Crippen LogP contribution in [0, 0.1) is 0 Å². The molecule has 0 atom stereocenters. The van der Waals surface area contributed by atoms with Crippen molar-refractivity contribution in [1.29, 1.82) is 0 Å². The van der Waals surface area contributed by atoms with E-state index in [-0.39, 0.29) is 88.0 Å².